The van der Waals surface area contributed by atoms with Gasteiger partial charge in [0.15, 0.2) is 0 Å². The molecule has 0 spiro atoms. The Morgan fingerprint density at radius 1 is 0.780 bits per heavy atom. The number of ether oxygens (including phenoxy) is 2. The van der Waals surface area contributed by atoms with Gasteiger partial charge in [-0.15, -0.1) is 0 Å². The van der Waals surface area contributed by atoms with Gasteiger partial charge in [0.1, 0.15) is 22.7 Å². The number of phenolic OH excluding ortho intramolecular Hbond substituents is 2. The number of phenols is 2. The predicted molar refractivity (Wildman–Crippen MR) is 202 cm³/mol. The van der Waals surface area contributed by atoms with Crippen LogP contribution in [0.25, 0.3) is 5.57 Å². The van der Waals surface area contributed by atoms with Gasteiger partial charge in [0.25, 0.3) is 0 Å². The van der Waals surface area contributed by atoms with Crippen LogP contribution >= 0.6 is 39.1 Å². The molecule has 10 nitrogen and oxygen atoms in total. The minimum Gasteiger partial charge on any atom is -0.506 e. The second-order valence-electron chi connectivity index (χ2n) is 15.0. The molecule has 0 saturated carbocycles. The second-order valence-corrected chi connectivity index (χ2v) is 16.6. The molecule has 2 aromatic carbocycles. The van der Waals surface area contributed by atoms with Crippen molar-refractivity contribution in [2.24, 2.45) is 0 Å². The van der Waals surface area contributed by atoms with Gasteiger partial charge in [-0.2, -0.15) is 0 Å². The average molecular weight is 798 g/mol. The van der Waals surface area contributed by atoms with E-state index in [1.54, 1.807) is 28.0 Å². The maximum absolute atomic E-state index is 12.1. The van der Waals surface area contributed by atoms with Crippen LogP contribution in [0.4, 0.5) is 9.59 Å². The fraction of sp³-hybridized carbons (Fsp3) is 0.500. The Balaban J connectivity index is 0.000000218. The Hall–Kier alpha value is -2.90. The Morgan fingerprint density at radius 3 is 1.72 bits per heavy atom. The van der Waals surface area contributed by atoms with Crippen LogP contribution in [0, 0.1) is 0 Å². The summed E-state index contributed by atoms with van der Waals surface area (Å²) in [4.78, 5) is 27.3. The third-order valence-corrected chi connectivity index (χ3v) is 9.67. The summed E-state index contributed by atoms with van der Waals surface area (Å²) in [6.45, 7) is 21.1. The predicted octanol–water partition coefficient (Wildman–Crippen LogP) is 9.28. The highest BCUT2D eigenvalue weighted by Gasteiger charge is 2.53. The third kappa shape index (κ3) is 11.3. The van der Waals surface area contributed by atoms with Gasteiger partial charge in [0.2, 0.25) is 0 Å². The molecule has 0 aliphatic carbocycles. The summed E-state index contributed by atoms with van der Waals surface area (Å²) in [5, 5.41) is 19.2. The molecule has 2 N–H and O–H groups in total. The molecule has 50 heavy (non-hydrogen) atoms. The number of carbonyl (C=O) groups is 2. The SMILES string of the molecule is CC(C)(C)OC(=O)N1CC=C(B2OC(C)(C)C(C)(C)O2)C1.CC(C)(C)OC(=O)N1CC=C(c2cccc(O)c2Cl)C1.Oc1cccc(Br)c1Cl. The molecule has 274 valence electrons. The van der Waals surface area contributed by atoms with Crippen LogP contribution in [0.1, 0.15) is 74.8 Å². The molecule has 3 aliphatic heterocycles. The third-order valence-electron chi connectivity index (χ3n) is 7.98. The summed E-state index contributed by atoms with van der Waals surface area (Å²) in [5.41, 5.74) is 0.927. The monoisotopic (exact) mass is 796 g/mol. The quantitative estimate of drug-likeness (QED) is 0.289. The highest BCUT2D eigenvalue weighted by Crippen LogP contribution is 2.39. The molecule has 0 aromatic heterocycles. The molecule has 0 atom stereocenters. The smallest absolute Gasteiger partial charge is 0.492 e. The molecular weight excluding hydrogens is 750 g/mol. The van der Waals surface area contributed by atoms with E-state index >= 15 is 0 Å². The van der Waals surface area contributed by atoms with Gasteiger partial charge in [-0.3, -0.25) is 0 Å². The van der Waals surface area contributed by atoms with Crippen LogP contribution in [0.3, 0.4) is 0 Å². The van der Waals surface area contributed by atoms with Gasteiger partial charge in [0.05, 0.1) is 21.2 Å². The highest BCUT2D eigenvalue weighted by atomic mass is 79.9. The first kappa shape index (κ1) is 41.5. The van der Waals surface area contributed by atoms with E-state index in [0.29, 0.717) is 40.7 Å². The number of benzene rings is 2. The van der Waals surface area contributed by atoms with Crippen molar-refractivity contribution >= 4 is 64.0 Å². The summed E-state index contributed by atoms with van der Waals surface area (Å²) in [5.74, 6) is 0.145. The minimum absolute atomic E-state index is 0.0424. The summed E-state index contributed by atoms with van der Waals surface area (Å²) in [6.07, 6.45) is 3.27. The molecule has 3 heterocycles. The van der Waals surface area contributed by atoms with Crippen molar-refractivity contribution in [2.75, 3.05) is 26.2 Å². The zero-order valence-electron chi connectivity index (χ0n) is 30.4. The van der Waals surface area contributed by atoms with Crippen molar-refractivity contribution in [2.45, 2.75) is 91.6 Å². The first-order valence-corrected chi connectivity index (χ1v) is 17.8. The molecule has 0 radical (unpaired) electrons. The van der Waals surface area contributed by atoms with Crippen molar-refractivity contribution < 1.29 is 38.6 Å². The zero-order valence-corrected chi connectivity index (χ0v) is 33.5. The number of nitrogens with zero attached hydrogens (tertiary/aromatic N) is 2. The average Bonchev–Trinajstić information content (AvgIpc) is 3.71. The zero-order chi connectivity index (χ0) is 37.8. The Kier molecular flexibility index (Phi) is 13.4. The summed E-state index contributed by atoms with van der Waals surface area (Å²) < 4.78 is 23.4. The molecule has 5 rings (SSSR count). The summed E-state index contributed by atoms with van der Waals surface area (Å²) in [6, 6.07) is 10.1. The van der Waals surface area contributed by atoms with Crippen molar-refractivity contribution in [3.63, 3.8) is 0 Å². The van der Waals surface area contributed by atoms with Gasteiger partial charge in [-0.05, 0) is 114 Å². The fourth-order valence-electron chi connectivity index (χ4n) is 4.68. The lowest BCUT2D eigenvalue weighted by molar-refractivity contribution is 0.00578. The molecule has 3 aliphatic rings. The lowest BCUT2D eigenvalue weighted by Crippen LogP contribution is -2.41. The van der Waals surface area contributed by atoms with E-state index in [-0.39, 0.29) is 42.0 Å². The number of carbonyl (C=O) groups excluding carboxylic acids is 2. The van der Waals surface area contributed by atoms with Gasteiger partial charge in [-0.25, -0.2) is 9.59 Å². The molecule has 0 bridgehead atoms. The summed E-state index contributed by atoms with van der Waals surface area (Å²) >= 11 is 14.8. The van der Waals surface area contributed by atoms with Crippen LogP contribution in [0.15, 0.2) is 58.5 Å². The van der Waals surface area contributed by atoms with Gasteiger partial charge in [0, 0.05) is 36.2 Å². The van der Waals surface area contributed by atoms with E-state index in [1.807, 2.05) is 87.5 Å². The molecule has 0 unspecified atom stereocenters. The van der Waals surface area contributed by atoms with Crippen molar-refractivity contribution in [1.82, 2.24) is 9.80 Å². The normalized spacial score (nSPS) is 18.0. The lowest BCUT2D eigenvalue weighted by Gasteiger charge is -2.32. The topological polar surface area (TPSA) is 118 Å². The molecule has 1 fully saturated rings. The minimum atomic E-state index is -0.511. The van der Waals surface area contributed by atoms with Gasteiger partial charge < -0.3 is 38.8 Å². The lowest BCUT2D eigenvalue weighted by atomic mass is 9.79. The van der Waals surface area contributed by atoms with E-state index in [0.717, 1.165) is 16.6 Å². The molecule has 1 saturated heterocycles. The van der Waals surface area contributed by atoms with Gasteiger partial charge in [-0.1, -0.05) is 53.6 Å². The van der Waals surface area contributed by atoms with Crippen LogP contribution in [0.2, 0.25) is 10.0 Å². The fourth-order valence-corrected chi connectivity index (χ4v) is 5.41. The van der Waals surface area contributed by atoms with E-state index in [2.05, 4.69) is 15.9 Å². The van der Waals surface area contributed by atoms with Crippen molar-refractivity contribution in [3.05, 3.63) is 74.1 Å². The van der Waals surface area contributed by atoms with E-state index in [4.69, 9.17) is 47.1 Å². The van der Waals surface area contributed by atoms with Crippen LogP contribution < -0.4 is 0 Å². The molecule has 14 heteroatoms. The Bertz CT molecular complexity index is 1580. The van der Waals surface area contributed by atoms with Crippen molar-refractivity contribution in [1.29, 1.82) is 0 Å². The first-order valence-electron chi connectivity index (χ1n) is 16.2. The summed E-state index contributed by atoms with van der Waals surface area (Å²) in [7, 11) is -0.387. The van der Waals surface area contributed by atoms with Crippen LogP contribution in [0.5, 0.6) is 11.5 Å². The maximum atomic E-state index is 12.1. The Labute approximate surface area is 314 Å². The standard InChI is InChI=1S/C15H26BNO4.C15H18ClNO3.C6H4BrClO/c1-13(2,3)19-12(18)17-9-8-11(10-17)16-20-14(4,5)15(6,7)21-16;1-15(2,3)20-14(19)17-8-7-10(9-17)11-5-4-6-12(18)13(11)16;7-4-2-1-3-5(9)6(4)8/h8H,9-10H2,1-7H3;4-7,18H,8-9H2,1-3H3;1-3,9H. The number of hydrogen-bond acceptors (Lipinski definition) is 8. The number of halogens is 3. The maximum Gasteiger partial charge on any atom is 0.492 e. The molecule has 2 amide bonds. The largest absolute Gasteiger partial charge is 0.506 e. The number of rotatable bonds is 2. The first-order chi connectivity index (χ1) is 22.9. The molecule has 2 aromatic rings. The van der Waals surface area contributed by atoms with Gasteiger partial charge >= 0.3 is 19.3 Å². The Morgan fingerprint density at radius 2 is 1.24 bits per heavy atom. The van der Waals surface area contributed by atoms with E-state index in [9.17, 15) is 14.7 Å². The van der Waals surface area contributed by atoms with Crippen molar-refractivity contribution in [3.8, 4) is 11.5 Å². The number of hydrogen-bond donors (Lipinski definition) is 2. The number of aromatic hydroxyl groups is 2. The van der Waals surface area contributed by atoms with E-state index < -0.39 is 11.2 Å². The number of amides is 2. The van der Waals surface area contributed by atoms with Crippen LogP contribution in [-0.2, 0) is 18.8 Å². The molecular formula is C36H48BBrCl2N2O8. The van der Waals surface area contributed by atoms with E-state index in [1.165, 1.54) is 12.1 Å². The second kappa shape index (κ2) is 16.2. The van der Waals surface area contributed by atoms with Crippen LogP contribution in [-0.4, -0.2) is 87.9 Å². The highest BCUT2D eigenvalue weighted by molar-refractivity contribution is 9.10.